The molecular weight excluding hydrogens is 237 g/mol. The molecule has 0 aliphatic heterocycles. The van der Waals surface area contributed by atoms with E-state index in [4.69, 9.17) is 5.26 Å². The summed E-state index contributed by atoms with van der Waals surface area (Å²) >= 11 is 0. The standard InChI is InChI=1S/C11H8FN5O/c12-8-1-3-9(4-2-8)15-11(18)6-17-7-14-10(5-13)16-17/h1-4,7H,6H2,(H,15,18). The molecule has 1 amide bonds. The first-order valence-corrected chi connectivity index (χ1v) is 5.02. The summed E-state index contributed by atoms with van der Waals surface area (Å²) in [5, 5.41) is 14.8. The number of hydrogen-bond donors (Lipinski definition) is 1. The highest BCUT2D eigenvalue weighted by Crippen LogP contribution is 2.08. The van der Waals surface area contributed by atoms with Gasteiger partial charge in [-0.3, -0.25) is 4.79 Å². The fourth-order valence-electron chi connectivity index (χ4n) is 1.30. The Morgan fingerprint density at radius 1 is 1.44 bits per heavy atom. The van der Waals surface area contributed by atoms with Gasteiger partial charge in [-0.2, -0.15) is 5.26 Å². The van der Waals surface area contributed by atoms with Crippen molar-refractivity contribution >= 4 is 11.6 Å². The van der Waals surface area contributed by atoms with Gasteiger partial charge in [-0.05, 0) is 24.3 Å². The number of carbonyl (C=O) groups excluding carboxylic acids is 1. The molecule has 1 aromatic heterocycles. The van der Waals surface area contributed by atoms with Crippen molar-refractivity contribution in [3.8, 4) is 6.07 Å². The number of aromatic nitrogens is 3. The molecule has 0 bridgehead atoms. The third-order valence-electron chi connectivity index (χ3n) is 2.07. The number of anilines is 1. The maximum Gasteiger partial charge on any atom is 0.252 e. The molecule has 0 aliphatic rings. The Bertz CT molecular complexity index is 599. The number of nitrogens with one attached hydrogen (secondary N) is 1. The summed E-state index contributed by atoms with van der Waals surface area (Å²) in [5.74, 6) is -0.705. The van der Waals surface area contributed by atoms with Crippen molar-refractivity contribution in [1.29, 1.82) is 5.26 Å². The molecule has 0 aliphatic carbocycles. The van der Waals surface area contributed by atoms with Crippen molar-refractivity contribution in [3.05, 3.63) is 42.2 Å². The zero-order chi connectivity index (χ0) is 13.0. The molecule has 1 heterocycles. The highest BCUT2D eigenvalue weighted by molar-refractivity contribution is 5.90. The maximum atomic E-state index is 12.6. The number of halogens is 1. The van der Waals surface area contributed by atoms with Crippen LogP contribution in [0.1, 0.15) is 5.82 Å². The van der Waals surface area contributed by atoms with Crippen molar-refractivity contribution in [2.75, 3.05) is 5.32 Å². The van der Waals surface area contributed by atoms with E-state index < -0.39 is 0 Å². The minimum Gasteiger partial charge on any atom is -0.324 e. The van der Waals surface area contributed by atoms with Crippen LogP contribution in [0.25, 0.3) is 0 Å². The molecule has 2 rings (SSSR count). The molecule has 18 heavy (non-hydrogen) atoms. The minimum atomic E-state index is -0.372. The second-order valence-electron chi connectivity index (χ2n) is 3.43. The fourth-order valence-corrected chi connectivity index (χ4v) is 1.30. The Morgan fingerprint density at radius 2 is 2.17 bits per heavy atom. The highest BCUT2D eigenvalue weighted by atomic mass is 19.1. The van der Waals surface area contributed by atoms with Gasteiger partial charge in [0, 0.05) is 5.69 Å². The summed E-state index contributed by atoms with van der Waals surface area (Å²) in [5.41, 5.74) is 0.488. The highest BCUT2D eigenvalue weighted by Gasteiger charge is 2.06. The van der Waals surface area contributed by atoms with Crippen LogP contribution >= 0.6 is 0 Å². The van der Waals surface area contributed by atoms with Crippen molar-refractivity contribution in [3.63, 3.8) is 0 Å². The van der Waals surface area contributed by atoms with Gasteiger partial charge in [-0.1, -0.05) is 0 Å². The lowest BCUT2D eigenvalue weighted by atomic mass is 10.3. The van der Waals surface area contributed by atoms with Crippen molar-refractivity contribution in [2.45, 2.75) is 6.54 Å². The second kappa shape index (κ2) is 5.05. The average Bonchev–Trinajstić information content (AvgIpc) is 2.79. The number of amides is 1. The van der Waals surface area contributed by atoms with Gasteiger partial charge in [-0.15, -0.1) is 5.10 Å². The van der Waals surface area contributed by atoms with E-state index in [0.717, 1.165) is 0 Å². The molecular formula is C11H8FN5O. The normalized spacial score (nSPS) is 9.78. The smallest absolute Gasteiger partial charge is 0.252 e. The van der Waals surface area contributed by atoms with E-state index in [1.165, 1.54) is 35.3 Å². The first-order valence-electron chi connectivity index (χ1n) is 5.02. The lowest BCUT2D eigenvalue weighted by molar-refractivity contribution is -0.116. The third-order valence-corrected chi connectivity index (χ3v) is 2.07. The van der Waals surface area contributed by atoms with E-state index in [2.05, 4.69) is 15.4 Å². The van der Waals surface area contributed by atoms with Crippen molar-refractivity contribution < 1.29 is 9.18 Å². The summed E-state index contributed by atoms with van der Waals surface area (Å²) in [7, 11) is 0. The van der Waals surface area contributed by atoms with Gasteiger partial charge < -0.3 is 5.32 Å². The number of rotatable bonds is 3. The molecule has 1 N–H and O–H groups in total. The van der Waals surface area contributed by atoms with Crippen LogP contribution in [0.4, 0.5) is 10.1 Å². The minimum absolute atomic E-state index is 0.00424. The zero-order valence-corrected chi connectivity index (χ0v) is 9.17. The van der Waals surface area contributed by atoms with Gasteiger partial charge in [0.15, 0.2) is 0 Å². The van der Waals surface area contributed by atoms with Gasteiger partial charge in [0.2, 0.25) is 5.91 Å². The second-order valence-corrected chi connectivity index (χ2v) is 3.43. The summed E-state index contributed by atoms with van der Waals surface area (Å²) in [6.45, 7) is -0.0634. The topological polar surface area (TPSA) is 83.6 Å². The molecule has 2 aromatic rings. The monoisotopic (exact) mass is 245 g/mol. The van der Waals surface area contributed by atoms with Crippen LogP contribution in [0.2, 0.25) is 0 Å². The van der Waals surface area contributed by atoms with E-state index >= 15 is 0 Å². The number of benzene rings is 1. The van der Waals surface area contributed by atoms with Gasteiger partial charge in [0.05, 0.1) is 0 Å². The van der Waals surface area contributed by atoms with Crippen LogP contribution in [0.5, 0.6) is 0 Å². The van der Waals surface area contributed by atoms with E-state index in [-0.39, 0.29) is 24.1 Å². The van der Waals surface area contributed by atoms with Crippen LogP contribution in [0.15, 0.2) is 30.6 Å². The molecule has 0 spiro atoms. The molecule has 7 heteroatoms. The van der Waals surface area contributed by atoms with Crippen LogP contribution in [-0.4, -0.2) is 20.7 Å². The van der Waals surface area contributed by atoms with Crippen LogP contribution in [0.3, 0.4) is 0 Å². The molecule has 90 valence electrons. The lowest BCUT2D eigenvalue weighted by Gasteiger charge is -2.04. The van der Waals surface area contributed by atoms with Crippen LogP contribution in [0, 0.1) is 17.1 Å². The van der Waals surface area contributed by atoms with E-state index in [1.54, 1.807) is 6.07 Å². The maximum absolute atomic E-state index is 12.6. The summed E-state index contributed by atoms with van der Waals surface area (Å²) in [6.07, 6.45) is 1.29. The van der Waals surface area contributed by atoms with Gasteiger partial charge in [0.25, 0.3) is 5.82 Å². The molecule has 0 unspecified atom stereocenters. The fraction of sp³-hybridized carbons (Fsp3) is 0.0909. The largest absolute Gasteiger partial charge is 0.324 e. The average molecular weight is 245 g/mol. The first kappa shape index (κ1) is 11.7. The van der Waals surface area contributed by atoms with Crippen molar-refractivity contribution in [1.82, 2.24) is 14.8 Å². The number of hydrogen-bond acceptors (Lipinski definition) is 4. The first-order chi connectivity index (χ1) is 8.67. The number of nitrogens with zero attached hydrogens (tertiary/aromatic N) is 4. The Balaban J connectivity index is 1.96. The van der Waals surface area contributed by atoms with E-state index in [0.29, 0.717) is 5.69 Å². The Morgan fingerprint density at radius 3 is 2.78 bits per heavy atom. The summed E-state index contributed by atoms with van der Waals surface area (Å²) < 4.78 is 13.9. The molecule has 0 atom stereocenters. The Hall–Kier alpha value is -2.75. The Labute approximate surface area is 102 Å². The molecule has 0 saturated carbocycles. The van der Waals surface area contributed by atoms with Crippen LogP contribution in [-0.2, 0) is 11.3 Å². The van der Waals surface area contributed by atoms with Crippen LogP contribution < -0.4 is 5.32 Å². The number of nitriles is 1. The third kappa shape index (κ3) is 2.89. The summed E-state index contributed by atoms with van der Waals surface area (Å²) in [4.78, 5) is 15.3. The van der Waals surface area contributed by atoms with E-state index in [1.807, 2.05) is 0 Å². The molecule has 6 nitrogen and oxygen atoms in total. The lowest BCUT2D eigenvalue weighted by Crippen LogP contribution is -2.19. The van der Waals surface area contributed by atoms with Gasteiger partial charge in [0.1, 0.15) is 24.8 Å². The zero-order valence-electron chi connectivity index (χ0n) is 9.17. The van der Waals surface area contributed by atoms with E-state index in [9.17, 15) is 9.18 Å². The van der Waals surface area contributed by atoms with Gasteiger partial charge in [-0.25, -0.2) is 14.1 Å². The Kier molecular flexibility index (Phi) is 3.29. The van der Waals surface area contributed by atoms with Crippen molar-refractivity contribution in [2.24, 2.45) is 0 Å². The predicted octanol–water partition coefficient (Wildman–Crippen LogP) is 0.928. The molecule has 1 aromatic carbocycles. The number of carbonyl (C=O) groups is 1. The molecule has 0 fully saturated rings. The summed E-state index contributed by atoms with van der Waals surface area (Å²) in [6, 6.07) is 7.17. The van der Waals surface area contributed by atoms with Gasteiger partial charge >= 0.3 is 0 Å². The molecule has 0 radical (unpaired) electrons. The molecule has 0 saturated heterocycles. The predicted molar refractivity (Wildman–Crippen MR) is 59.8 cm³/mol. The SMILES string of the molecule is N#Cc1ncn(CC(=O)Nc2ccc(F)cc2)n1. The quantitative estimate of drug-likeness (QED) is 0.871.